The summed E-state index contributed by atoms with van der Waals surface area (Å²) in [6, 6.07) is 0.311. The lowest BCUT2D eigenvalue weighted by Crippen LogP contribution is -2.51. The lowest BCUT2D eigenvalue weighted by atomic mass is 9.85. The van der Waals surface area contributed by atoms with Gasteiger partial charge in [-0.25, -0.2) is 0 Å². The summed E-state index contributed by atoms with van der Waals surface area (Å²) in [5.41, 5.74) is 3.55. The third-order valence-corrected chi connectivity index (χ3v) is 4.57. The number of carbonyl (C=O) groups is 1. The van der Waals surface area contributed by atoms with E-state index in [1.165, 1.54) is 11.3 Å². The summed E-state index contributed by atoms with van der Waals surface area (Å²) in [4.78, 5) is 13.3. The molecule has 1 N–H and O–H groups in total. The van der Waals surface area contributed by atoms with Crippen LogP contribution in [0.3, 0.4) is 0 Å². The van der Waals surface area contributed by atoms with Gasteiger partial charge in [-0.05, 0) is 26.7 Å². The molecule has 2 unspecified atom stereocenters. The van der Waals surface area contributed by atoms with Crippen LogP contribution in [0.15, 0.2) is 0 Å². The quantitative estimate of drug-likeness (QED) is 0.901. The van der Waals surface area contributed by atoms with Crippen LogP contribution in [-0.4, -0.2) is 38.8 Å². The average Bonchev–Trinajstić information content (AvgIpc) is 2.50. The predicted molar refractivity (Wildman–Crippen MR) is 73.0 cm³/mol. The highest BCUT2D eigenvalue weighted by Crippen LogP contribution is 2.34. The van der Waals surface area contributed by atoms with E-state index in [0.717, 1.165) is 18.8 Å². The molecule has 0 bridgehead atoms. The van der Waals surface area contributed by atoms with E-state index < -0.39 is 5.97 Å². The zero-order valence-corrected chi connectivity index (χ0v) is 12.3. The molecule has 0 amide bonds. The van der Waals surface area contributed by atoms with Crippen LogP contribution < -0.4 is 0 Å². The summed E-state index contributed by atoms with van der Waals surface area (Å²) in [6.07, 6.45) is 0. The fourth-order valence-electron chi connectivity index (χ4n) is 2.96. The summed E-state index contributed by atoms with van der Waals surface area (Å²) in [5, 5.41) is 13.5. The summed E-state index contributed by atoms with van der Waals surface area (Å²) < 4.78 is 1.91. The van der Waals surface area contributed by atoms with E-state index in [9.17, 15) is 4.79 Å². The third kappa shape index (κ3) is 2.39. The van der Waals surface area contributed by atoms with Gasteiger partial charge in [0.05, 0.1) is 11.6 Å². The van der Waals surface area contributed by atoms with E-state index in [4.69, 9.17) is 5.11 Å². The van der Waals surface area contributed by atoms with Gasteiger partial charge >= 0.3 is 5.97 Å². The average molecular weight is 265 g/mol. The molecule has 5 nitrogen and oxygen atoms in total. The summed E-state index contributed by atoms with van der Waals surface area (Å²) >= 11 is 0. The second-order valence-corrected chi connectivity index (χ2v) is 5.72. The third-order valence-electron chi connectivity index (χ3n) is 4.57. The minimum atomic E-state index is -0.689. The van der Waals surface area contributed by atoms with Crippen LogP contribution >= 0.6 is 0 Å². The number of carboxylic acids is 1. The van der Waals surface area contributed by atoms with Crippen molar-refractivity contribution in [3.63, 3.8) is 0 Å². The first-order chi connectivity index (χ1) is 8.82. The van der Waals surface area contributed by atoms with Gasteiger partial charge in [-0.1, -0.05) is 6.92 Å². The van der Waals surface area contributed by atoms with Gasteiger partial charge in [0.1, 0.15) is 0 Å². The number of carboxylic acid groups (broad SMARTS) is 1. The Labute approximate surface area is 114 Å². The Hall–Kier alpha value is -1.36. The van der Waals surface area contributed by atoms with E-state index in [1.54, 1.807) is 6.92 Å². The Bertz CT molecular complexity index is 489. The Morgan fingerprint density at radius 3 is 2.37 bits per heavy atom. The van der Waals surface area contributed by atoms with Crippen molar-refractivity contribution >= 4 is 5.97 Å². The number of aryl methyl sites for hydroxylation is 2. The molecule has 2 atom stereocenters. The van der Waals surface area contributed by atoms with E-state index in [0.29, 0.717) is 6.04 Å². The van der Waals surface area contributed by atoms with Crippen molar-refractivity contribution in [1.29, 1.82) is 0 Å². The van der Waals surface area contributed by atoms with Crippen molar-refractivity contribution < 1.29 is 9.90 Å². The highest BCUT2D eigenvalue weighted by atomic mass is 16.4. The van der Waals surface area contributed by atoms with E-state index in [-0.39, 0.29) is 11.8 Å². The molecule has 2 heterocycles. The van der Waals surface area contributed by atoms with Crippen LogP contribution in [0.4, 0.5) is 0 Å². The van der Waals surface area contributed by atoms with Crippen molar-refractivity contribution in [3.05, 3.63) is 17.0 Å². The largest absolute Gasteiger partial charge is 0.481 e. The van der Waals surface area contributed by atoms with Crippen molar-refractivity contribution in [2.24, 2.45) is 18.9 Å². The fourth-order valence-corrected chi connectivity index (χ4v) is 2.96. The van der Waals surface area contributed by atoms with Crippen LogP contribution in [0.1, 0.15) is 36.8 Å². The molecular weight excluding hydrogens is 242 g/mol. The summed E-state index contributed by atoms with van der Waals surface area (Å²) in [7, 11) is 1.96. The van der Waals surface area contributed by atoms with Gasteiger partial charge in [-0.2, -0.15) is 5.10 Å². The molecule has 0 aliphatic carbocycles. The van der Waals surface area contributed by atoms with Crippen molar-refractivity contribution in [2.45, 2.75) is 33.7 Å². The lowest BCUT2D eigenvalue weighted by molar-refractivity contribution is -0.146. The van der Waals surface area contributed by atoms with Crippen LogP contribution in [0.25, 0.3) is 0 Å². The van der Waals surface area contributed by atoms with Gasteiger partial charge in [0.15, 0.2) is 0 Å². The molecule has 1 aromatic heterocycles. The van der Waals surface area contributed by atoms with Crippen molar-refractivity contribution in [3.8, 4) is 0 Å². The van der Waals surface area contributed by atoms with Gasteiger partial charge in [0, 0.05) is 37.4 Å². The van der Waals surface area contributed by atoms with Gasteiger partial charge in [0.25, 0.3) is 0 Å². The molecule has 1 aromatic rings. The van der Waals surface area contributed by atoms with Gasteiger partial charge in [-0.15, -0.1) is 0 Å². The maximum Gasteiger partial charge on any atom is 0.306 e. The standard InChI is InChI=1S/C14H23N3O2/c1-8(14(18)19)12-6-17(7-12)11(4)13-9(2)15-16(5)10(13)3/h8,11-12H,6-7H2,1-5H3,(H,18,19). The number of hydrogen-bond acceptors (Lipinski definition) is 3. The van der Waals surface area contributed by atoms with Crippen molar-refractivity contribution in [2.75, 3.05) is 13.1 Å². The van der Waals surface area contributed by atoms with Gasteiger partial charge < -0.3 is 5.11 Å². The summed E-state index contributed by atoms with van der Waals surface area (Å²) in [6.45, 7) is 9.83. The molecule has 1 aliphatic heterocycles. The van der Waals surface area contributed by atoms with Crippen molar-refractivity contribution in [1.82, 2.24) is 14.7 Å². The normalized spacial score (nSPS) is 20.1. The molecule has 0 spiro atoms. The number of rotatable bonds is 4. The molecule has 2 rings (SSSR count). The number of nitrogens with zero attached hydrogens (tertiary/aromatic N) is 3. The number of likely N-dealkylation sites (tertiary alicyclic amines) is 1. The molecule has 1 saturated heterocycles. The molecule has 0 aromatic carbocycles. The summed E-state index contributed by atoms with van der Waals surface area (Å²) in [5.74, 6) is -0.664. The SMILES string of the molecule is Cc1nn(C)c(C)c1C(C)N1CC(C(C)C(=O)O)C1. The zero-order chi connectivity index (χ0) is 14.3. The number of aromatic nitrogens is 2. The highest BCUT2D eigenvalue weighted by molar-refractivity contribution is 5.70. The molecule has 1 fully saturated rings. The molecule has 1 aliphatic rings. The Morgan fingerprint density at radius 2 is 1.95 bits per heavy atom. The fraction of sp³-hybridized carbons (Fsp3) is 0.714. The maximum absolute atomic E-state index is 11.0. The zero-order valence-electron chi connectivity index (χ0n) is 12.3. The topological polar surface area (TPSA) is 58.4 Å². The highest BCUT2D eigenvalue weighted by Gasteiger charge is 2.38. The van der Waals surface area contributed by atoms with E-state index >= 15 is 0 Å². The molecule has 5 heteroatoms. The van der Waals surface area contributed by atoms with E-state index in [2.05, 4.69) is 23.8 Å². The monoisotopic (exact) mass is 265 g/mol. The predicted octanol–water partition coefficient (Wildman–Crippen LogP) is 1.75. The maximum atomic E-state index is 11.0. The molecule has 19 heavy (non-hydrogen) atoms. The second kappa shape index (κ2) is 4.96. The lowest BCUT2D eigenvalue weighted by Gasteiger charge is -2.45. The minimum Gasteiger partial charge on any atom is -0.481 e. The molecule has 0 radical (unpaired) electrons. The van der Waals surface area contributed by atoms with Crippen LogP contribution in [0.2, 0.25) is 0 Å². The Balaban J connectivity index is 2.04. The smallest absolute Gasteiger partial charge is 0.306 e. The first-order valence-corrected chi connectivity index (χ1v) is 6.79. The Kier molecular flexibility index (Phi) is 3.67. The molecular formula is C14H23N3O2. The van der Waals surface area contributed by atoms with Crippen LogP contribution in [-0.2, 0) is 11.8 Å². The second-order valence-electron chi connectivity index (χ2n) is 5.72. The Morgan fingerprint density at radius 1 is 1.37 bits per heavy atom. The number of hydrogen-bond donors (Lipinski definition) is 1. The first-order valence-electron chi connectivity index (χ1n) is 6.79. The van der Waals surface area contributed by atoms with Gasteiger partial charge in [-0.3, -0.25) is 14.4 Å². The van der Waals surface area contributed by atoms with E-state index in [1.807, 2.05) is 18.7 Å². The van der Waals surface area contributed by atoms with Crippen LogP contribution in [0.5, 0.6) is 0 Å². The molecule has 0 saturated carbocycles. The minimum absolute atomic E-state index is 0.250. The van der Waals surface area contributed by atoms with Gasteiger partial charge in [0.2, 0.25) is 0 Å². The van der Waals surface area contributed by atoms with Crippen LogP contribution in [0, 0.1) is 25.7 Å². The number of aliphatic carboxylic acids is 1. The molecule has 106 valence electrons. The first kappa shape index (κ1) is 14.1.